The molecule has 0 heterocycles. The van der Waals surface area contributed by atoms with Gasteiger partial charge < -0.3 is 4.79 Å². The molecule has 0 radical (unpaired) electrons. The van der Waals surface area contributed by atoms with Crippen LogP contribution in [0.25, 0.3) is 0 Å². The molecular weight excluding hydrogens is 192 g/mol. The first-order valence-corrected chi connectivity index (χ1v) is 5.83. The van der Waals surface area contributed by atoms with Crippen LogP contribution in [0.5, 0.6) is 0 Å². The molecule has 76 valence electrons. The molecule has 0 saturated heterocycles. The van der Waals surface area contributed by atoms with Gasteiger partial charge in [-0.25, -0.2) is 0 Å². The maximum atomic E-state index is 10.9. The topological polar surface area (TPSA) is 17.1 Å². The molecule has 1 unspecified atom stereocenters. The maximum absolute atomic E-state index is 10.9. The van der Waals surface area contributed by atoms with Crippen LogP contribution in [0.3, 0.4) is 0 Å². The normalized spacial score (nSPS) is 14.7. The molecule has 2 heteroatoms. The lowest BCUT2D eigenvalue weighted by Crippen LogP contribution is -2.20. The minimum atomic E-state index is -0.226. The van der Waals surface area contributed by atoms with Gasteiger partial charge in [0.1, 0.15) is 6.29 Å². The van der Waals surface area contributed by atoms with Crippen LogP contribution < -0.4 is 0 Å². The SMILES string of the molecule is CCC(C)(C=O)SCc1ccccc1. The number of aldehydes is 1. The minimum absolute atomic E-state index is 0.226. The second-order valence-corrected chi connectivity index (χ2v) is 5.07. The van der Waals surface area contributed by atoms with Gasteiger partial charge in [0, 0.05) is 5.75 Å². The van der Waals surface area contributed by atoms with Gasteiger partial charge in [0.2, 0.25) is 0 Å². The standard InChI is InChI=1S/C12H16OS/c1-3-12(2,10-13)14-9-11-7-5-4-6-8-11/h4-8,10H,3,9H2,1-2H3. The Morgan fingerprint density at radius 2 is 2.00 bits per heavy atom. The molecule has 0 fully saturated rings. The van der Waals surface area contributed by atoms with E-state index >= 15 is 0 Å². The van der Waals surface area contributed by atoms with Crippen LogP contribution in [0.2, 0.25) is 0 Å². The van der Waals surface area contributed by atoms with E-state index in [1.807, 2.05) is 32.0 Å². The molecule has 14 heavy (non-hydrogen) atoms. The molecule has 1 aromatic carbocycles. The fourth-order valence-corrected chi connectivity index (χ4v) is 2.00. The molecule has 0 N–H and O–H groups in total. The van der Waals surface area contributed by atoms with Crippen molar-refractivity contribution in [3.63, 3.8) is 0 Å². The van der Waals surface area contributed by atoms with Gasteiger partial charge in [0.25, 0.3) is 0 Å². The highest BCUT2D eigenvalue weighted by Gasteiger charge is 2.21. The highest BCUT2D eigenvalue weighted by molar-refractivity contribution is 8.00. The second-order valence-electron chi connectivity index (χ2n) is 3.56. The van der Waals surface area contributed by atoms with Gasteiger partial charge in [0.15, 0.2) is 0 Å². The average molecular weight is 208 g/mol. The van der Waals surface area contributed by atoms with Crippen molar-refractivity contribution in [3.8, 4) is 0 Å². The fraction of sp³-hybridized carbons (Fsp3) is 0.417. The Morgan fingerprint density at radius 3 is 2.50 bits per heavy atom. The van der Waals surface area contributed by atoms with Gasteiger partial charge in [-0.3, -0.25) is 0 Å². The number of thioether (sulfide) groups is 1. The zero-order chi connectivity index (χ0) is 10.4. The van der Waals surface area contributed by atoms with Crippen LogP contribution in [0.1, 0.15) is 25.8 Å². The van der Waals surface area contributed by atoms with Crippen molar-refractivity contribution in [3.05, 3.63) is 35.9 Å². The molecule has 1 atom stereocenters. The average Bonchev–Trinajstić information content (AvgIpc) is 2.27. The Morgan fingerprint density at radius 1 is 1.36 bits per heavy atom. The number of hydrogen-bond acceptors (Lipinski definition) is 2. The van der Waals surface area contributed by atoms with Gasteiger partial charge >= 0.3 is 0 Å². The lowest BCUT2D eigenvalue weighted by atomic mass is 10.1. The van der Waals surface area contributed by atoms with E-state index in [2.05, 4.69) is 12.1 Å². The van der Waals surface area contributed by atoms with Gasteiger partial charge in [-0.2, -0.15) is 0 Å². The highest BCUT2D eigenvalue weighted by atomic mass is 32.2. The summed E-state index contributed by atoms with van der Waals surface area (Å²) >= 11 is 1.71. The van der Waals surface area contributed by atoms with E-state index in [9.17, 15) is 4.79 Å². The molecule has 0 aromatic heterocycles. The summed E-state index contributed by atoms with van der Waals surface area (Å²) in [7, 11) is 0. The van der Waals surface area contributed by atoms with E-state index in [4.69, 9.17) is 0 Å². The van der Waals surface area contributed by atoms with E-state index in [0.717, 1.165) is 18.5 Å². The Kier molecular flexibility index (Phi) is 4.21. The predicted octanol–water partition coefficient (Wildman–Crippen LogP) is 3.29. The Bertz CT molecular complexity index is 284. The van der Waals surface area contributed by atoms with Crippen molar-refractivity contribution in [2.24, 2.45) is 0 Å². The molecule has 0 saturated carbocycles. The van der Waals surface area contributed by atoms with Crippen LogP contribution in [0, 0.1) is 0 Å². The van der Waals surface area contributed by atoms with Crippen molar-refractivity contribution < 1.29 is 4.79 Å². The van der Waals surface area contributed by atoms with Crippen LogP contribution in [0.15, 0.2) is 30.3 Å². The summed E-state index contributed by atoms with van der Waals surface area (Å²) < 4.78 is -0.226. The van der Waals surface area contributed by atoms with Gasteiger partial charge in [0.05, 0.1) is 4.75 Å². The molecule has 0 aliphatic rings. The van der Waals surface area contributed by atoms with Crippen molar-refractivity contribution in [1.29, 1.82) is 0 Å². The van der Waals surface area contributed by atoms with Crippen molar-refractivity contribution in [2.75, 3.05) is 0 Å². The van der Waals surface area contributed by atoms with Crippen LogP contribution >= 0.6 is 11.8 Å². The number of carbonyl (C=O) groups excluding carboxylic acids is 1. The molecule has 0 spiro atoms. The maximum Gasteiger partial charge on any atom is 0.135 e. The van der Waals surface area contributed by atoms with Gasteiger partial charge in [-0.15, -0.1) is 11.8 Å². The van der Waals surface area contributed by atoms with Crippen molar-refractivity contribution in [2.45, 2.75) is 30.8 Å². The number of hydrogen-bond donors (Lipinski definition) is 0. The second kappa shape index (κ2) is 5.20. The molecular formula is C12H16OS. The zero-order valence-electron chi connectivity index (χ0n) is 8.69. The Hall–Kier alpha value is -0.760. The quantitative estimate of drug-likeness (QED) is 0.691. The van der Waals surface area contributed by atoms with Gasteiger partial charge in [-0.05, 0) is 18.9 Å². The summed E-state index contributed by atoms with van der Waals surface area (Å²) in [5, 5.41) is 0. The van der Waals surface area contributed by atoms with Crippen LogP contribution in [-0.4, -0.2) is 11.0 Å². The third-order valence-corrected chi connectivity index (χ3v) is 3.88. The summed E-state index contributed by atoms with van der Waals surface area (Å²) in [6, 6.07) is 10.2. The number of rotatable bonds is 5. The Balaban J connectivity index is 2.52. The van der Waals surface area contributed by atoms with Gasteiger partial charge in [-0.1, -0.05) is 37.3 Å². The smallest absolute Gasteiger partial charge is 0.135 e. The Labute approximate surface area is 89.9 Å². The first-order chi connectivity index (χ1) is 6.70. The lowest BCUT2D eigenvalue weighted by molar-refractivity contribution is -0.109. The molecule has 1 rings (SSSR count). The molecule has 0 bridgehead atoms. The fourth-order valence-electron chi connectivity index (χ4n) is 1.04. The van der Waals surface area contributed by atoms with Crippen LogP contribution in [-0.2, 0) is 10.5 Å². The molecule has 1 nitrogen and oxygen atoms in total. The summed E-state index contributed by atoms with van der Waals surface area (Å²) in [6.45, 7) is 4.04. The first kappa shape index (κ1) is 11.3. The van der Waals surface area contributed by atoms with E-state index in [-0.39, 0.29) is 4.75 Å². The third kappa shape index (κ3) is 3.18. The molecule has 0 aliphatic heterocycles. The van der Waals surface area contributed by atoms with Crippen molar-refractivity contribution in [1.82, 2.24) is 0 Å². The monoisotopic (exact) mass is 208 g/mol. The lowest BCUT2D eigenvalue weighted by Gasteiger charge is -2.19. The zero-order valence-corrected chi connectivity index (χ0v) is 9.51. The van der Waals surface area contributed by atoms with E-state index < -0.39 is 0 Å². The summed E-state index contributed by atoms with van der Waals surface area (Å²) in [4.78, 5) is 10.9. The van der Waals surface area contributed by atoms with Crippen molar-refractivity contribution >= 4 is 18.0 Å². The summed E-state index contributed by atoms with van der Waals surface area (Å²) in [6.07, 6.45) is 1.94. The minimum Gasteiger partial charge on any atom is -0.302 e. The number of benzene rings is 1. The molecule has 0 amide bonds. The van der Waals surface area contributed by atoms with E-state index in [1.54, 1.807) is 11.8 Å². The van der Waals surface area contributed by atoms with Crippen LogP contribution in [0.4, 0.5) is 0 Å². The molecule has 0 aliphatic carbocycles. The van der Waals surface area contributed by atoms with E-state index in [1.165, 1.54) is 5.56 Å². The third-order valence-electron chi connectivity index (χ3n) is 2.36. The predicted molar refractivity (Wildman–Crippen MR) is 62.5 cm³/mol. The largest absolute Gasteiger partial charge is 0.302 e. The first-order valence-electron chi connectivity index (χ1n) is 4.84. The summed E-state index contributed by atoms with van der Waals surface area (Å²) in [5.74, 6) is 0.907. The molecule has 1 aromatic rings. The summed E-state index contributed by atoms with van der Waals surface area (Å²) in [5.41, 5.74) is 1.28. The van der Waals surface area contributed by atoms with E-state index in [0.29, 0.717) is 0 Å². The highest BCUT2D eigenvalue weighted by Crippen LogP contribution is 2.29. The number of carbonyl (C=O) groups is 1.